The minimum absolute atomic E-state index is 0.0119. The van der Waals surface area contributed by atoms with Crippen LogP contribution in [0.4, 0.5) is 0 Å². The molecule has 0 atom stereocenters. The van der Waals surface area contributed by atoms with Crippen LogP contribution in [0.3, 0.4) is 0 Å². The van der Waals surface area contributed by atoms with Crippen LogP contribution < -0.4 is 4.72 Å². The quantitative estimate of drug-likeness (QED) is 0.666. The second-order valence-corrected chi connectivity index (χ2v) is 9.90. The highest BCUT2D eigenvalue weighted by atomic mass is 32.2. The first kappa shape index (κ1) is 20.5. The summed E-state index contributed by atoms with van der Waals surface area (Å²) < 4.78 is 29.6. The fourth-order valence-corrected chi connectivity index (χ4v) is 5.39. The van der Waals surface area contributed by atoms with Gasteiger partial charge in [-0.2, -0.15) is 5.26 Å². The number of aromatic nitrogens is 3. The Bertz CT molecular complexity index is 1230. The second kappa shape index (κ2) is 7.82. The third-order valence-corrected chi connectivity index (χ3v) is 7.12. The predicted molar refractivity (Wildman–Crippen MR) is 115 cm³/mol. The maximum Gasteiger partial charge on any atom is 0.243 e. The molecule has 0 saturated heterocycles. The number of nitrogens with zero attached hydrogens (tertiary/aromatic N) is 4. The van der Waals surface area contributed by atoms with Crippen molar-refractivity contribution < 1.29 is 8.42 Å². The van der Waals surface area contributed by atoms with E-state index in [9.17, 15) is 13.7 Å². The Labute approximate surface area is 176 Å². The zero-order valence-electron chi connectivity index (χ0n) is 17.4. The molecule has 1 aliphatic rings. The maximum absolute atomic E-state index is 12.4. The lowest BCUT2D eigenvalue weighted by Gasteiger charge is -2.17. The number of benzene rings is 1. The summed E-state index contributed by atoms with van der Waals surface area (Å²) in [4.78, 5) is 8.77. The van der Waals surface area contributed by atoms with Crippen LogP contribution in [0.5, 0.6) is 0 Å². The number of aryl methyl sites for hydroxylation is 1. The summed E-state index contributed by atoms with van der Waals surface area (Å²) in [5.74, 6) is 0.371. The topological polar surface area (TPSA) is 101 Å². The molecule has 156 valence electrons. The van der Waals surface area contributed by atoms with Crippen molar-refractivity contribution in [2.45, 2.75) is 63.4 Å². The standard InChI is InChI=1S/C22H25N5O2S/c1-14(2)26-30(28,29)17-12-24-22(25-13-17)21-19(11-23)18-9-8-15(3)10-20(18)27(21)16-6-4-5-7-16/h8-10,12-14,16,26H,4-7H2,1-3H3. The van der Waals surface area contributed by atoms with Crippen molar-refractivity contribution in [1.29, 1.82) is 5.26 Å². The van der Waals surface area contributed by atoms with E-state index < -0.39 is 10.0 Å². The van der Waals surface area contributed by atoms with Gasteiger partial charge in [-0.1, -0.05) is 25.0 Å². The van der Waals surface area contributed by atoms with Gasteiger partial charge in [0.2, 0.25) is 10.0 Å². The highest BCUT2D eigenvalue weighted by molar-refractivity contribution is 7.89. The molecule has 30 heavy (non-hydrogen) atoms. The van der Waals surface area contributed by atoms with Gasteiger partial charge in [0.25, 0.3) is 0 Å². The fraction of sp³-hybridized carbons (Fsp3) is 0.409. The summed E-state index contributed by atoms with van der Waals surface area (Å²) in [7, 11) is -3.68. The Morgan fingerprint density at radius 1 is 1.20 bits per heavy atom. The molecular weight excluding hydrogens is 398 g/mol. The molecule has 1 fully saturated rings. The average Bonchev–Trinajstić information content (AvgIpc) is 3.32. The van der Waals surface area contributed by atoms with Crippen LogP contribution in [0.1, 0.15) is 56.7 Å². The number of sulfonamides is 1. The fourth-order valence-electron chi connectivity index (χ4n) is 4.25. The van der Waals surface area contributed by atoms with Gasteiger partial charge >= 0.3 is 0 Å². The molecule has 1 aliphatic carbocycles. The van der Waals surface area contributed by atoms with Crippen LogP contribution in [0.2, 0.25) is 0 Å². The minimum atomic E-state index is -3.68. The van der Waals surface area contributed by atoms with E-state index in [-0.39, 0.29) is 17.0 Å². The highest BCUT2D eigenvalue weighted by Gasteiger charge is 2.28. The maximum atomic E-state index is 12.4. The van der Waals surface area contributed by atoms with E-state index in [4.69, 9.17) is 0 Å². The Morgan fingerprint density at radius 3 is 2.47 bits per heavy atom. The largest absolute Gasteiger partial charge is 0.334 e. The molecule has 3 aromatic rings. The van der Waals surface area contributed by atoms with E-state index in [1.807, 2.05) is 19.1 Å². The van der Waals surface area contributed by atoms with E-state index in [2.05, 4.69) is 31.4 Å². The lowest BCUT2D eigenvalue weighted by molar-refractivity contribution is 0.538. The van der Waals surface area contributed by atoms with Gasteiger partial charge in [-0.25, -0.2) is 23.1 Å². The summed E-state index contributed by atoms with van der Waals surface area (Å²) in [6, 6.07) is 8.47. The normalized spacial score (nSPS) is 15.2. The van der Waals surface area contributed by atoms with Gasteiger partial charge in [-0.3, -0.25) is 0 Å². The van der Waals surface area contributed by atoms with Gasteiger partial charge < -0.3 is 4.57 Å². The third kappa shape index (κ3) is 3.59. The van der Waals surface area contributed by atoms with E-state index in [1.54, 1.807) is 13.8 Å². The molecule has 4 rings (SSSR count). The SMILES string of the molecule is Cc1ccc2c(C#N)c(-c3ncc(S(=O)(=O)NC(C)C)cn3)n(C3CCCC3)c2c1. The number of nitriles is 1. The third-order valence-electron chi connectivity index (χ3n) is 5.50. The number of rotatable bonds is 5. The first-order chi connectivity index (χ1) is 14.3. The molecule has 2 heterocycles. The van der Waals surface area contributed by atoms with Gasteiger partial charge in [-0.15, -0.1) is 0 Å². The summed E-state index contributed by atoms with van der Waals surface area (Å²) in [5, 5.41) is 10.8. The van der Waals surface area contributed by atoms with Gasteiger partial charge in [0.05, 0.1) is 23.5 Å². The molecule has 0 spiro atoms. The molecule has 2 aromatic heterocycles. The lowest BCUT2D eigenvalue weighted by Crippen LogP contribution is -2.30. The van der Waals surface area contributed by atoms with Crippen molar-refractivity contribution in [2.24, 2.45) is 0 Å². The Morgan fingerprint density at radius 2 is 1.87 bits per heavy atom. The molecule has 8 heteroatoms. The van der Waals surface area contributed by atoms with Crippen molar-refractivity contribution in [3.05, 3.63) is 41.7 Å². The lowest BCUT2D eigenvalue weighted by atomic mass is 10.1. The second-order valence-electron chi connectivity index (χ2n) is 8.18. The van der Waals surface area contributed by atoms with Crippen LogP contribution in [0.15, 0.2) is 35.5 Å². The summed E-state index contributed by atoms with van der Waals surface area (Å²) in [6.45, 7) is 5.55. The van der Waals surface area contributed by atoms with Crippen LogP contribution in [0.25, 0.3) is 22.4 Å². The number of hydrogen-bond donors (Lipinski definition) is 1. The van der Waals surface area contributed by atoms with E-state index in [0.717, 1.165) is 42.1 Å². The van der Waals surface area contributed by atoms with Crippen LogP contribution in [0, 0.1) is 18.3 Å². The smallest absolute Gasteiger partial charge is 0.243 e. The van der Waals surface area contributed by atoms with E-state index >= 15 is 0 Å². The molecule has 1 aromatic carbocycles. The van der Waals surface area contributed by atoms with Crippen LogP contribution in [-0.4, -0.2) is 29.0 Å². The molecule has 0 amide bonds. The molecule has 1 N–H and O–H groups in total. The number of hydrogen-bond acceptors (Lipinski definition) is 5. The first-order valence-corrected chi connectivity index (χ1v) is 11.7. The van der Waals surface area contributed by atoms with E-state index in [1.165, 1.54) is 12.4 Å². The molecule has 0 bridgehead atoms. The molecular formula is C22H25N5O2S. The van der Waals surface area contributed by atoms with Gasteiger partial charge in [0.15, 0.2) is 5.82 Å². The van der Waals surface area contributed by atoms with Gasteiger partial charge in [-0.05, 0) is 45.2 Å². The van der Waals surface area contributed by atoms with Crippen molar-refractivity contribution in [3.63, 3.8) is 0 Å². The average molecular weight is 424 g/mol. The number of nitrogens with one attached hydrogen (secondary N) is 1. The monoisotopic (exact) mass is 423 g/mol. The van der Waals surface area contributed by atoms with Crippen molar-refractivity contribution in [3.8, 4) is 17.6 Å². The Hall–Kier alpha value is -2.76. The summed E-state index contributed by atoms with van der Waals surface area (Å²) in [6.07, 6.45) is 7.01. The number of fused-ring (bicyclic) bond motifs is 1. The Kier molecular flexibility index (Phi) is 5.35. The summed E-state index contributed by atoms with van der Waals surface area (Å²) in [5.41, 5.74) is 3.34. The zero-order chi connectivity index (χ0) is 21.5. The molecule has 0 aliphatic heterocycles. The van der Waals surface area contributed by atoms with Gasteiger partial charge in [0.1, 0.15) is 16.7 Å². The highest BCUT2D eigenvalue weighted by Crippen LogP contribution is 2.40. The van der Waals surface area contributed by atoms with Crippen LogP contribution in [-0.2, 0) is 10.0 Å². The first-order valence-electron chi connectivity index (χ1n) is 10.2. The van der Waals surface area contributed by atoms with Gasteiger partial charge in [0, 0.05) is 17.5 Å². The molecule has 0 radical (unpaired) electrons. The predicted octanol–water partition coefficient (Wildman–Crippen LogP) is 4.08. The molecule has 1 saturated carbocycles. The Balaban J connectivity index is 1.90. The summed E-state index contributed by atoms with van der Waals surface area (Å²) >= 11 is 0. The zero-order valence-corrected chi connectivity index (χ0v) is 18.2. The van der Waals surface area contributed by atoms with Crippen molar-refractivity contribution in [1.82, 2.24) is 19.3 Å². The van der Waals surface area contributed by atoms with Crippen molar-refractivity contribution >= 4 is 20.9 Å². The minimum Gasteiger partial charge on any atom is -0.334 e. The molecule has 7 nitrogen and oxygen atoms in total. The molecule has 0 unspecified atom stereocenters. The van der Waals surface area contributed by atoms with E-state index in [0.29, 0.717) is 17.1 Å². The van der Waals surface area contributed by atoms with Crippen LogP contribution >= 0.6 is 0 Å². The van der Waals surface area contributed by atoms with Crippen molar-refractivity contribution in [2.75, 3.05) is 0 Å².